The first-order valence-corrected chi connectivity index (χ1v) is 6.50. The quantitative estimate of drug-likeness (QED) is 0.855. The highest BCUT2D eigenvalue weighted by molar-refractivity contribution is 9.10. The molecule has 21 heavy (non-hydrogen) atoms. The summed E-state index contributed by atoms with van der Waals surface area (Å²) in [4.78, 5) is 0. The van der Waals surface area contributed by atoms with Crippen molar-refractivity contribution in [1.29, 1.82) is 5.26 Å². The first kappa shape index (κ1) is 15.2. The summed E-state index contributed by atoms with van der Waals surface area (Å²) in [5.41, 5.74) is 0.828. The number of hydrogen-bond donors (Lipinski definition) is 1. The third-order valence-corrected chi connectivity index (χ3v) is 3.34. The standard InChI is InChI=1S/C14H8BrF3N2O/c15-12-8(7-19)1-6-11(13(12)16)20-9-2-4-10(5-3-9)21-14(17)18/h1-6,14,20H. The van der Waals surface area contributed by atoms with Crippen LogP contribution in [0.4, 0.5) is 24.5 Å². The molecule has 0 spiro atoms. The van der Waals surface area contributed by atoms with Crippen LogP contribution in [0.3, 0.4) is 0 Å². The van der Waals surface area contributed by atoms with Gasteiger partial charge < -0.3 is 10.1 Å². The Bertz CT molecular complexity index is 684. The fraction of sp³-hybridized carbons (Fsp3) is 0.0714. The lowest BCUT2D eigenvalue weighted by Crippen LogP contribution is -2.02. The molecule has 0 heterocycles. The van der Waals surface area contributed by atoms with Crippen LogP contribution in [0.25, 0.3) is 0 Å². The number of nitrogens with zero attached hydrogens (tertiary/aromatic N) is 1. The molecule has 3 nitrogen and oxygen atoms in total. The molecule has 0 saturated carbocycles. The summed E-state index contributed by atoms with van der Waals surface area (Å²) in [5, 5.41) is 11.6. The molecule has 0 fully saturated rings. The Morgan fingerprint density at radius 2 is 1.81 bits per heavy atom. The van der Waals surface area contributed by atoms with Crippen molar-refractivity contribution >= 4 is 27.3 Å². The Morgan fingerprint density at radius 1 is 1.14 bits per heavy atom. The van der Waals surface area contributed by atoms with Crippen LogP contribution >= 0.6 is 15.9 Å². The normalized spacial score (nSPS) is 10.3. The van der Waals surface area contributed by atoms with Crippen LogP contribution in [-0.4, -0.2) is 6.61 Å². The van der Waals surface area contributed by atoms with E-state index in [4.69, 9.17) is 5.26 Å². The summed E-state index contributed by atoms with van der Waals surface area (Å²) in [6.45, 7) is -2.89. The van der Waals surface area contributed by atoms with Gasteiger partial charge in [0.15, 0.2) is 5.82 Å². The number of nitrogens with one attached hydrogen (secondary N) is 1. The number of alkyl halides is 2. The van der Waals surface area contributed by atoms with E-state index in [1.54, 1.807) is 0 Å². The summed E-state index contributed by atoms with van der Waals surface area (Å²) in [5.74, 6) is -0.598. The van der Waals surface area contributed by atoms with Gasteiger partial charge in [-0.15, -0.1) is 0 Å². The monoisotopic (exact) mass is 356 g/mol. The molecule has 0 aromatic heterocycles. The average Bonchev–Trinajstić information content (AvgIpc) is 2.45. The van der Waals surface area contributed by atoms with Gasteiger partial charge in [-0.25, -0.2) is 4.39 Å². The van der Waals surface area contributed by atoms with Gasteiger partial charge in [-0.05, 0) is 52.3 Å². The number of anilines is 2. The van der Waals surface area contributed by atoms with E-state index < -0.39 is 12.4 Å². The Morgan fingerprint density at radius 3 is 2.38 bits per heavy atom. The van der Waals surface area contributed by atoms with E-state index in [1.807, 2.05) is 6.07 Å². The number of nitriles is 1. The topological polar surface area (TPSA) is 45.0 Å². The first-order valence-electron chi connectivity index (χ1n) is 5.71. The van der Waals surface area contributed by atoms with Crippen molar-refractivity contribution in [2.75, 3.05) is 5.32 Å². The molecule has 2 aromatic carbocycles. The zero-order valence-corrected chi connectivity index (χ0v) is 12.0. The number of benzene rings is 2. The minimum absolute atomic E-state index is 0.0111. The smallest absolute Gasteiger partial charge is 0.387 e. The van der Waals surface area contributed by atoms with Gasteiger partial charge in [0, 0.05) is 5.69 Å². The van der Waals surface area contributed by atoms with E-state index >= 15 is 0 Å². The van der Waals surface area contributed by atoms with Gasteiger partial charge in [0.1, 0.15) is 11.8 Å². The lowest BCUT2D eigenvalue weighted by molar-refractivity contribution is -0.0498. The van der Waals surface area contributed by atoms with Crippen LogP contribution in [0.1, 0.15) is 5.56 Å². The summed E-state index contributed by atoms with van der Waals surface area (Å²) >= 11 is 3.00. The lowest BCUT2D eigenvalue weighted by atomic mass is 10.2. The minimum Gasteiger partial charge on any atom is -0.435 e. The number of rotatable bonds is 4. The molecule has 0 bridgehead atoms. The zero-order valence-electron chi connectivity index (χ0n) is 10.4. The molecular weight excluding hydrogens is 349 g/mol. The van der Waals surface area contributed by atoms with Crippen molar-refractivity contribution < 1.29 is 17.9 Å². The van der Waals surface area contributed by atoms with Crippen LogP contribution in [0.2, 0.25) is 0 Å². The molecule has 0 radical (unpaired) electrons. The lowest BCUT2D eigenvalue weighted by Gasteiger charge is -2.10. The van der Waals surface area contributed by atoms with Crippen LogP contribution in [0.15, 0.2) is 40.9 Å². The van der Waals surface area contributed by atoms with E-state index in [2.05, 4.69) is 26.0 Å². The fourth-order valence-corrected chi connectivity index (χ4v) is 2.04. The fourth-order valence-electron chi connectivity index (χ4n) is 1.61. The van der Waals surface area contributed by atoms with Gasteiger partial charge in [0.25, 0.3) is 0 Å². The molecule has 7 heteroatoms. The average molecular weight is 357 g/mol. The molecule has 2 aromatic rings. The third-order valence-electron chi connectivity index (χ3n) is 2.56. The molecule has 0 aliphatic heterocycles. The second-order valence-corrected chi connectivity index (χ2v) is 4.72. The molecule has 0 aliphatic carbocycles. The van der Waals surface area contributed by atoms with E-state index in [-0.39, 0.29) is 21.5 Å². The van der Waals surface area contributed by atoms with Crippen LogP contribution in [0.5, 0.6) is 5.75 Å². The molecule has 0 saturated heterocycles. The maximum atomic E-state index is 14.0. The summed E-state index contributed by atoms with van der Waals surface area (Å²) in [6.07, 6.45) is 0. The van der Waals surface area contributed by atoms with Gasteiger partial charge in [-0.1, -0.05) is 0 Å². The van der Waals surface area contributed by atoms with Crippen molar-refractivity contribution in [3.63, 3.8) is 0 Å². The molecule has 2 rings (SSSR count). The predicted octanol–water partition coefficient (Wildman–Crippen LogP) is 4.80. The van der Waals surface area contributed by atoms with Gasteiger partial charge in [0.2, 0.25) is 0 Å². The van der Waals surface area contributed by atoms with Crippen LogP contribution in [0, 0.1) is 17.1 Å². The molecule has 0 atom stereocenters. The van der Waals surface area contributed by atoms with Crippen molar-refractivity contribution in [3.05, 3.63) is 52.3 Å². The zero-order chi connectivity index (χ0) is 15.4. The molecule has 1 N–H and O–H groups in total. The second kappa shape index (κ2) is 6.50. The first-order chi connectivity index (χ1) is 10.0. The maximum absolute atomic E-state index is 14.0. The Kier molecular flexibility index (Phi) is 4.70. The van der Waals surface area contributed by atoms with Crippen molar-refractivity contribution in [2.45, 2.75) is 6.61 Å². The predicted molar refractivity (Wildman–Crippen MR) is 75.2 cm³/mol. The third kappa shape index (κ3) is 3.67. The van der Waals surface area contributed by atoms with E-state index in [9.17, 15) is 13.2 Å². The SMILES string of the molecule is N#Cc1ccc(Nc2ccc(OC(F)F)cc2)c(F)c1Br. The van der Waals surface area contributed by atoms with Gasteiger partial charge in [-0.2, -0.15) is 14.0 Å². The van der Waals surface area contributed by atoms with Crippen molar-refractivity contribution in [3.8, 4) is 11.8 Å². The highest BCUT2D eigenvalue weighted by atomic mass is 79.9. The van der Waals surface area contributed by atoms with Crippen LogP contribution < -0.4 is 10.1 Å². The molecular formula is C14H8BrF3N2O. The minimum atomic E-state index is -2.89. The summed E-state index contributed by atoms with van der Waals surface area (Å²) < 4.78 is 42.3. The number of halogens is 4. The van der Waals surface area contributed by atoms with Gasteiger partial charge in [0.05, 0.1) is 15.7 Å². The van der Waals surface area contributed by atoms with Gasteiger partial charge in [-0.3, -0.25) is 0 Å². The number of ether oxygens (including phenoxy) is 1. The van der Waals surface area contributed by atoms with Crippen LogP contribution in [-0.2, 0) is 0 Å². The van der Waals surface area contributed by atoms with E-state index in [1.165, 1.54) is 36.4 Å². The maximum Gasteiger partial charge on any atom is 0.387 e. The number of hydrogen-bond acceptors (Lipinski definition) is 3. The summed E-state index contributed by atoms with van der Waals surface area (Å²) in [7, 11) is 0. The molecule has 0 amide bonds. The largest absolute Gasteiger partial charge is 0.435 e. The summed E-state index contributed by atoms with van der Waals surface area (Å²) in [6, 6.07) is 10.4. The van der Waals surface area contributed by atoms with Crippen molar-refractivity contribution in [1.82, 2.24) is 0 Å². The highest BCUT2D eigenvalue weighted by Gasteiger charge is 2.11. The highest BCUT2D eigenvalue weighted by Crippen LogP contribution is 2.29. The van der Waals surface area contributed by atoms with E-state index in [0.717, 1.165) is 0 Å². The van der Waals surface area contributed by atoms with Gasteiger partial charge >= 0.3 is 6.61 Å². The van der Waals surface area contributed by atoms with Crippen molar-refractivity contribution in [2.24, 2.45) is 0 Å². The molecule has 0 unspecified atom stereocenters. The second-order valence-electron chi connectivity index (χ2n) is 3.93. The molecule has 108 valence electrons. The Hall–Kier alpha value is -2.20. The molecule has 0 aliphatic rings. The Labute approximate surface area is 127 Å². The Balaban J connectivity index is 2.19. The van der Waals surface area contributed by atoms with E-state index in [0.29, 0.717) is 5.69 Å².